The van der Waals surface area contributed by atoms with Gasteiger partial charge in [0.25, 0.3) is 0 Å². The van der Waals surface area contributed by atoms with Crippen LogP contribution in [0.5, 0.6) is 0 Å². The highest BCUT2D eigenvalue weighted by molar-refractivity contribution is 6.30. The van der Waals surface area contributed by atoms with Crippen molar-refractivity contribution >= 4 is 29.1 Å². The van der Waals surface area contributed by atoms with E-state index in [1.54, 1.807) is 43.3 Å². The standard InChI is InChI=1S/C13H11ClN2O3/c1-9(12-3-2-8-18-12)16-19-13(17)15-11-6-4-10(14)5-7-11/h2-8H,1H3,(H,15,17). The Morgan fingerprint density at radius 1 is 1.32 bits per heavy atom. The fourth-order valence-corrected chi connectivity index (χ4v) is 1.44. The van der Waals surface area contributed by atoms with Crippen LogP contribution in [0.4, 0.5) is 10.5 Å². The number of furan rings is 1. The zero-order chi connectivity index (χ0) is 13.7. The van der Waals surface area contributed by atoms with Crippen molar-refractivity contribution in [3.05, 3.63) is 53.4 Å². The Labute approximate surface area is 114 Å². The molecule has 1 amide bonds. The van der Waals surface area contributed by atoms with Gasteiger partial charge in [0.05, 0.1) is 6.26 Å². The number of carbonyl (C=O) groups excluding carboxylic acids is 1. The molecule has 0 unspecified atom stereocenters. The summed E-state index contributed by atoms with van der Waals surface area (Å²) in [5.41, 5.74) is 1.04. The van der Waals surface area contributed by atoms with Gasteiger partial charge in [0.15, 0.2) is 5.76 Å². The molecule has 0 radical (unpaired) electrons. The van der Waals surface area contributed by atoms with Gasteiger partial charge >= 0.3 is 6.09 Å². The molecule has 2 aromatic rings. The molecule has 19 heavy (non-hydrogen) atoms. The normalized spacial score (nSPS) is 11.2. The first-order chi connectivity index (χ1) is 9.15. The molecular weight excluding hydrogens is 268 g/mol. The largest absolute Gasteiger partial charge is 0.463 e. The van der Waals surface area contributed by atoms with Crippen LogP contribution in [0.15, 0.2) is 52.2 Å². The topological polar surface area (TPSA) is 63.8 Å². The maximum absolute atomic E-state index is 11.5. The van der Waals surface area contributed by atoms with E-state index in [1.807, 2.05) is 0 Å². The Kier molecular flexibility index (Phi) is 4.20. The molecule has 5 nitrogen and oxygen atoms in total. The van der Waals surface area contributed by atoms with E-state index in [1.165, 1.54) is 6.26 Å². The van der Waals surface area contributed by atoms with Crippen LogP contribution in [-0.4, -0.2) is 11.8 Å². The van der Waals surface area contributed by atoms with Gasteiger partial charge in [0.1, 0.15) is 5.71 Å². The molecule has 98 valence electrons. The number of hydrogen-bond donors (Lipinski definition) is 1. The number of hydrogen-bond acceptors (Lipinski definition) is 4. The molecule has 0 saturated carbocycles. The summed E-state index contributed by atoms with van der Waals surface area (Å²) in [6.45, 7) is 1.68. The average molecular weight is 279 g/mol. The summed E-state index contributed by atoms with van der Waals surface area (Å²) in [4.78, 5) is 16.2. The monoisotopic (exact) mass is 278 g/mol. The van der Waals surface area contributed by atoms with E-state index in [2.05, 4.69) is 10.5 Å². The van der Waals surface area contributed by atoms with Crippen molar-refractivity contribution in [1.82, 2.24) is 0 Å². The van der Waals surface area contributed by atoms with E-state index in [9.17, 15) is 4.79 Å². The van der Waals surface area contributed by atoms with Crippen molar-refractivity contribution in [2.45, 2.75) is 6.92 Å². The third-order valence-electron chi connectivity index (χ3n) is 2.23. The number of amides is 1. The predicted octanol–water partition coefficient (Wildman–Crippen LogP) is 3.91. The van der Waals surface area contributed by atoms with E-state index < -0.39 is 6.09 Å². The van der Waals surface area contributed by atoms with Crippen LogP contribution in [0.2, 0.25) is 5.02 Å². The number of benzene rings is 1. The third kappa shape index (κ3) is 3.86. The Morgan fingerprint density at radius 3 is 2.68 bits per heavy atom. The minimum Gasteiger partial charge on any atom is -0.463 e. The summed E-state index contributed by atoms with van der Waals surface area (Å²) in [6, 6.07) is 10.1. The van der Waals surface area contributed by atoms with Crippen molar-refractivity contribution in [1.29, 1.82) is 0 Å². The van der Waals surface area contributed by atoms with E-state index in [0.29, 0.717) is 22.2 Å². The molecule has 0 aliphatic rings. The number of rotatable bonds is 3. The first-order valence-corrected chi connectivity index (χ1v) is 5.85. The molecule has 1 aromatic carbocycles. The smallest absolute Gasteiger partial charge is 0.437 e. The quantitative estimate of drug-likeness (QED) is 0.526. The molecule has 0 aliphatic carbocycles. The summed E-state index contributed by atoms with van der Waals surface area (Å²) in [6.07, 6.45) is 0.829. The van der Waals surface area contributed by atoms with Gasteiger partial charge in [-0.05, 0) is 43.3 Å². The van der Waals surface area contributed by atoms with Crippen LogP contribution >= 0.6 is 11.6 Å². The van der Waals surface area contributed by atoms with Crippen LogP contribution in [0.25, 0.3) is 0 Å². The van der Waals surface area contributed by atoms with Gasteiger partial charge in [-0.2, -0.15) is 0 Å². The maximum atomic E-state index is 11.5. The highest BCUT2D eigenvalue weighted by Gasteiger charge is 2.05. The Morgan fingerprint density at radius 2 is 2.05 bits per heavy atom. The highest BCUT2D eigenvalue weighted by atomic mass is 35.5. The molecule has 6 heteroatoms. The van der Waals surface area contributed by atoms with Gasteiger partial charge in [-0.3, -0.25) is 10.2 Å². The second-order valence-corrected chi connectivity index (χ2v) is 4.10. The molecule has 0 aliphatic heterocycles. The highest BCUT2D eigenvalue weighted by Crippen LogP contribution is 2.13. The van der Waals surface area contributed by atoms with Gasteiger partial charge in [0, 0.05) is 10.7 Å². The molecular formula is C13H11ClN2O3. The number of anilines is 1. The van der Waals surface area contributed by atoms with E-state index in [0.717, 1.165) is 0 Å². The van der Waals surface area contributed by atoms with Gasteiger partial charge < -0.3 is 4.42 Å². The molecule has 1 heterocycles. The fraction of sp³-hybridized carbons (Fsp3) is 0.0769. The van der Waals surface area contributed by atoms with Crippen molar-refractivity contribution in [3.63, 3.8) is 0 Å². The zero-order valence-corrected chi connectivity index (χ0v) is 10.8. The molecule has 1 N–H and O–H groups in total. The Balaban J connectivity index is 1.91. The van der Waals surface area contributed by atoms with Crippen molar-refractivity contribution in [3.8, 4) is 0 Å². The summed E-state index contributed by atoms with van der Waals surface area (Å²) in [5.74, 6) is 0.541. The molecule has 0 bridgehead atoms. The molecule has 0 saturated heterocycles. The molecule has 0 spiro atoms. The number of nitrogens with one attached hydrogen (secondary N) is 1. The minimum atomic E-state index is -0.687. The average Bonchev–Trinajstić information content (AvgIpc) is 2.93. The van der Waals surface area contributed by atoms with Crippen molar-refractivity contribution in [2.24, 2.45) is 5.16 Å². The lowest BCUT2D eigenvalue weighted by atomic mass is 10.3. The van der Waals surface area contributed by atoms with E-state index in [-0.39, 0.29) is 0 Å². The van der Waals surface area contributed by atoms with Gasteiger partial charge in [-0.1, -0.05) is 16.8 Å². The first-order valence-electron chi connectivity index (χ1n) is 5.47. The third-order valence-corrected chi connectivity index (χ3v) is 2.49. The van der Waals surface area contributed by atoms with Crippen LogP contribution in [0, 0.1) is 0 Å². The molecule has 1 aromatic heterocycles. The molecule has 2 rings (SSSR count). The van der Waals surface area contributed by atoms with Gasteiger partial charge in [-0.15, -0.1) is 0 Å². The summed E-state index contributed by atoms with van der Waals surface area (Å²) >= 11 is 5.73. The van der Waals surface area contributed by atoms with Crippen molar-refractivity contribution < 1.29 is 14.0 Å². The summed E-state index contributed by atoms with van der Waals surface area (Å²) in [5, 5.41) is 6.77. The lowest BCUT2D eigenvalue weighted by molar-refractivity contribution is 0.166. The second kappa shape index (κ2) is 6.06. The maximum Gasteiger partial charge on any atom is 0.437 e. The predicted molar refractivity (Wildman–Crippen MR) is 72.5 cm³/mol. The second-order valence-electron chi connectivity index (χ2n) is 3.66. The van der Waals surface area contributed by atoms with Crippen LogP contribution in [0.3, 0.4) is 0 Å². The first kappa shape index (κ1) is 13.2. The molecule has 0 atom stereocenters. The fourth-order valence-electron chi connectivity index (χ4n) is 1.31. The summed E-state index contributed by atoms with van der Waals surface area (Å²) < 4.78 is 5.10. The molecule has 0 fully saturated rings. The van der Waals surface area contributed by atoms with Gasteiger partial charge in [0.2, 0.25) is 0 Å². The van der Waals surface area contributed by atoms with Crippen LogP contribution < -0.4 is 5.32 Å². The van der Waals surface area contributed by atoms with Crippen molar-refractivity contribution in [2.75, 3.05) is 5.32 Å². The minimum absolute atomic E-state index is 0.469. The van der Waals surface area contributed by atoms with Crippen LogP contribution in [-0.2, 0) is 4.84 Å². The van der Waals surface area contributed by atoms with Gasteiger partial charge in [-0.25, -0.2) is 4.79 Å². The lowest BCUT2D eigenvalue weighted by Crippen LogP contribution is -2.11. The van der Waals surface area contributed by atoms with E-state index in [4.69, 9.17) is 20.9 Å². The number of carbonyl (C=O) groups is 1. The Bertz CT molecular complexity index is 576. The Hall–Kier alpha value is -2.27. The van der Waals surface area contributed by atoms with E-state index >= 15 is 0 Å². The number of oxime groups is 1. The lowest BCUT2D eigenvalue weighted by Gasteiger charge is -2.02. The number of halogens is 1. The number of nitrogens with zero attached hydrogens (tertiary/aromatic N) is 1. The summed E-state index contributed by atoms with van der Waals surface area (Å²) in [7, 11) is 0. The zero-order valence-electron chi connectivity index (χ0n) is 10.1. The SMILES string of the molecule is CC(=NOC(=O)Nc1ccc(Cl)cc1)c1ccco1. The van der Waals surface area contributed by atoms with Crippen LogP contribution in [0.1, 0.15) is 12.7 Å².